The van der Waals surface area contributed by atoms with Gasteiger partial charge in [-0.2, -0.15) is 0 Å². The second kappa shape index (κ2) is 7.46. The van der Waals surface area contributed by atoms with Crippen LogP contribution in [-0.4, -0.2) is 13.1 Å². The van der Waals surface area contributed by atoms with Gasteiger partial charge in [0, 0.05) is 10.4 Å². The molecule has 1 fully saturated rings. The van der Waals surface area contributed by atoms with Crippen LogP contribution in [0.4, 0.5) is 0 Å². The zero-order valence-corrected chi connectivity index (χ0v) is 15.3. The quantitative estimate of drug-likeness (QED) is 0.685. The van der Waals surface area contributed by atoms with E-state index in [1.54, 1.807) is 0 Å². The van der Waals surface area contributed by atoms with Crippen LogP contribution in [0.15, 0.2) is 66.3 Å². The van der Waals surface area contributed by atoms with E-state index in [1.807, 2.05) is 12.2 Å². The van der Waals surface area contributed by atoms with E-state index in [0.717, 1.165) is 13.1 Å². The molecule has 0 bridgehead atoms. The van der Waals surface area contributed by atoms with Crippen LogP contribution < -0.4 is 5.32 Å². The standard InChI is InChI=1S/C21H24BrN/c1-3-4-7-17-14-20(22)18-8-5-6-9-19(18)21(15(17)2)16-10-12-23-13-11-16/h3-9,14,16,21,23H,1,10-13H2,2H3/b7-4-. The molecule has 0 spiro atoms. The number of rotatable bonds is 3. The van der Waals surface area contributed by atoms with E-state index in [1.165, 1.54) is 39.6 Å². The number of hydrogen-bond acceptors (Lipinski definition) is 1. The molecule has 1 heterocycles. The normalized spacial score (nSPS) is 22.7. The van der Waals surface area contributed by atoms with Gasteiger partial charge in [-0.3, -0.25) is 0 Å². The van der Waals surface area contributed by atoms with Gasteiger partial charge in [-0.05, 0) is 61.5 Å². The Morgan fingerprint density at radius 3 is 2.70 bits per heavy atom. The summed E-state index contributed by atoms with van der Waals surface area (Å²) in [5.41, 5.74) is 5.56. The van der Waals surface area contributed by atoms with E-state index >= 15 is 0 Å². The molecule has 1 nitrogen and oxygen atoms in total. The van der Waals surface area contributed by atoms with Crippen LogP contribution in [0.1, 0.15) is 36.8 Å². The average molecular weight is 370 g/mol. The third kappa shape index (κ3) is 3.44. The van der Waals surface area contributed by atoms with Crippen molar-refractivity contribution in [1.29, 1.82) is 0 Å². The Morgan fingerprint density at radius 2 is 1.96 bits per heavy atom. The molecule has 0 saturated carbocycles. The minimum atomic E-state index is 0.490. The van der Waals surface area contributed by atoms with Crippen molar-refractivity contribution in [2.45, 2.75) is 25.7 Å². The molecule has 1 unspecified atom stereocenters. The van der Waals surface area contributed by atoms with Gasteiger partial charge in [0.1, 0.15) is 0 Å². The molecule has 23 heavy (non-hydrogen) atoms. The Balaban J connectivity index is 2.14. The summed E-state index contributed by atoms with van der Waals surface area (Å²) in [6.45, 7) is 8.37. The molecule has 1 aliphatic heterocycles. The maximum atomic E-state index is 3.81. The second-order valence-corrected chi connectivity index (χ2v) is 7.23. The summed E-state index contributed by atoms with van der Waals surface area (Å²) in [5.74, 6) is 1.19. The van der Waals surface area contributed by atoms with Gasteiger partial charge < -0.3 is 5.32 Å². The molecule has 0 radical (unpaired) electrons. The monoisotopic (exact) mass is 369 g/mol. The minimum absolute atomic E-state index is 0.490. The van der Waals surface area contributed by atoms with E-state index < -0.39 is 0 Å². The Hall–Kier alpha value is -1.38. The van der Waals surface area contributed by atoms with E-state index in [9.17, 15) is 0 Å². The highest BCUT2D eigenvalue weighted by Crippen LogP contribution is 2.45. The first-order valence-corrected chi connectivity index (χ1v) is 9.18. The lowest BCUT2D eigenvalue weighted by Gasteiger charge is -2.33. The number of nitrogens with one attached hydrogen (secondary N) is 1. The van der Waals surface area contributed by atoms with Gasteiger partial charge in [-0.25, -0.2) is 0 Å². The number of benzene rings is 1. The number of hydrogen-bond donors (Lipinski definition) is 1. The van der Waals surface area contributed by atoms with Gasteiger partial charge in [0.05, 0.1) is 0 Å². The van der Waals surface area contributed by atoms with Gasteiger partial charge in [-0.1, -0.05) is 70.6 Å². The zero-order valence-electron chi connectivity index (χ0n) is 13.7. The first kappa shape index (κ1) is 16.5. The molecule has 1 saturated heterocycles. The summed E-state index contributed by atoms with van der Waals surface area (Å²) in [6, 6.07) is 8.84. The lowest BCUT2D eigenvalue weighted by Crippen LogP contribution is -2.31. The van der Waals surface area contributed by atoms with Crippen LogP contribution in [0.2, 0.25) is 0 Å². The van der Waals surface area contributed by atoms with E-state index in [-0.39, 0.29) is 0 Å². The number of piperidine rings is 1. The summed E-state index contributed by atoms with van der Waals surface area (Å²) in [5, 5.41) is 3.50. The van der Waals surface area contributed by atoms with E-state index in [0.29, 0.717) is 11.8 Å². The predicted octanol–water partition coefficient (Wildman–Crippen LogP) is 5.58. The first-order valence-electron chi connectivity index (χ1n) is 8.39. The van der Waals surface area contributed by atoms with Crippen molar-refractivity contribution in [3.8, 4) is 0 Å². The Labute approximate surface area is 148 Å². The van der Waals surface area contributed by atoms with Crippen molar-refractivity contribution in [3.05, 3.63) is 77.4 Å². The number of halogens is 1. The molecule has 0 amide bonds. The highest BCUT2D eigenvalue weighted by Gasteiger charge is 2.30. The molecule has 0 aromatic heterocycles. The maximum absolute atomic E-state index is 3.81. The highest BCUT2D eigenvalue weighted by molar-refractivity contribution is 9.15. The molecule has 2 heteroatoms. The summed E-state index contributed by atoms with van der Waals surface area (Å²) in [6.07, 6.45) is 10.8. The van der Waals surface area contributed by atoms with E-state index in [2.05, 4.69) is 71.2 Å². The molecule has 1 aromatic carbocycles. The fraction of sp³-hybridized carbons (Fsp3) is 0.333. The summed E-state index contributed by atoms with van der Waals surface area (Å²) in [4.78, 5) is 0. The molecule has 2 aliphatic rings. The third-order valence-corrected chi connectivity index (χ3v) is 5.68. The predicted molar refractivity (Wildman–Crippen MR) is 104 cm³/mol. The van der Waals surface area contributed by atoms with Gasteiger partial charge in [0.25, 0.3) is 0 Å². The van der Waals surface area contributed by atoms with Crippen LogP contribution >= 0.6 is 15.9 Å². The Kier molecular flexibility index (Phi) is 5.34. The lowest BCUT2D eigenvalue weighted by molar-refractivity contribution is 0.339. The number of allylic oxidation sites excluding steroid dienone is 6. The molecule has 3 rings (SSSR count). The first-order chi connectivity index (χ1) is 11.2. The van der Waals surface area contributed by atoms with Crippen molar-refractivity contribution in [2.24, 2.45) is 5.92 Å². The van der Waals surface area contributed by atoms with Gasteiger partial charge >= 0.3 is 0 Å². The molecule has 120 valence electrons. The van der Waals surface area contributed by atoms with Crippen molar-refractivity contribution < 1.29 is 0 Å². The Bertz CT molecular complexity index is 675. The fourth-order valence-corrected chi connectivity index (χ4v) is 4.47. The Morgan fingerprint density at radius 1 is 1.22 bits per heavy atom. The maximum Gasteiger partial charge on any atom is 0.0256 e. The van der Waals surface area contributed by atoms with Crippen LogP contribution in [0.3, 0.4) is 0 Å². The fourth-order valence-electron chi connectivity index (χ4n) is 3.86. The third-order valence-electron chi connectivity index (χ3n) is 5.02. The number of fused-ring (bicyclic) bond motifs is 1. The van der Waals surface area contributed by atoms with Crippen LogP contribution in [0, 0.1) is 5.92 Å². The highest BCUT2D eigenvalue weighted by atomic mass is 79.9. The SMILES string of the molecule is C=C/C=C\C1=C(C)C(C2CCNCC2)c2ccccc2C(Br)=C1. The molecular weight excluding hydrogens is 346 g/mol. The molecule has 1 aliphatic carbocycles. The summed E-state index contributed by atoms with van der Waals surface area (Å²) >= 11 is 3.80. The second-order valence-electron chi connectivity index (χ2n) is 6.38. The van der Waals surface area contributed by atoms with Crippen molar-refractivity contribution >= 4 is 20.4 Å². The topological polar surface area (TPSA) is 12.0 Å². The largest absolute Gasteiger partial charge is 0.317 e. The van der Waals surface area contributed by atoms with Crippen LogP contribution in [-0.2, 0) is 0 Å². The molecular formula is C21H24BrN. The van der Waals surface area contributed by atoms with Gasteiger partial charge in [0.2, 0.25) is 0 Å². The molecule has 1 N–H and O–H groups in total. The van der Waals surface area contributed by atoms with Crippen molar-refractivity contribution in [3.63, 3.8) is 0 Å². The van der Waals surface area contributed by atoms with Gasteiger partial charge in [0.15, 0.2) is 0 Å². The van der Waals surface area contributed by atoms with Crippen LogP contribution in [0.5, 0.6) is 0 Å². The zero-order chi connectivity index (χ0) is 16.2. The smallest absolute Gasteiger partial charge is 0.0256 e. The molecule has 1 atom stereocenters. The molecule has 1 aromatic rings. The minimum Gasteiger partial charge on any atom is -0.317 e. The van der Waals surface area contributed by atoms with Crippen LogP contribution in [0.25, 0.3) is 4.48 Å². The van der Waals surface area contributed by atoms with Gasteiger partial charge in [-0.15, -0.1) is 0 Å². The van der Waals surface area contributed by atoms with E-state index in [4.69, 9.17) is 0 Å². The average Bonchev–Trinajstić information content (AvgIpc) is 2.69. The van der Waals surface area contributed by atoms with Crippen molar-refractivity contribution in [2.75, 3.05) is 13.1 Å². The summed E-state index contributed by atoms with van der Waals surface area (Å²) in [7, 11) is 0. The summed E-state index contributed by atoms with van der Waals surface area (Å²) < 4.78 is 1.17. The van der Waals surface area contributed by atoms with Crippen molar-refractivity contribution in [1.82, 2.24) is 5.32 Å². The lowest BCUT2D eigenvalue weighted by atomic mass is 9.75.